The molecule has 3 aromatic rings. The standard InChI is InChI=1S/C19H16FN3O/c1-13-2-4-15(5-3-13)19(24)21-11-17-10-18(23-12-22-17)14-6-8-16(20)9-7-14/h2-10,12H,11H2,1H3,(H,21,24). The lowest BCUT2D eigenvalue weighted by molar-refractivity contribution is 0.0950. The van der Waals surface area contributed by atoms with Gasteiger partial charge < -0.3 is 5.32 Å². The number of nitrogens with one attached hydrogen (secondary N) is 1. The number of carbonyl (C=O) groups is 1. The van der Waals surface area contributed by atoms with Gasteiger partial charge in [0.05, 0.1) is 17.9 Å². The SMILES string of the molecule is Cc1ccc(C(=O)NCc2cc(-c3ccc(F)cc3)ncn2)cc1. The van der Waals surface area contributed by atoms with Crippen LogP contribution in [0.5, 0.6) is 0 Å². The molecule has 0 radical (unpaired) electrons. The first-order valence-corrected chi connectivity index (χ1v) is 7.53. The number of hydrogen-bond acceptors (Lipinski definition) is 3. The van der Waals surface area contributed by atoms with E-state index < -0.39 is 0 Å². The largest absolute Gasteiger partial charge is 0.346 e. The number of rotatable bonds is 4. The second-order valence-corrected chi connectivity index (χ2v) is 5.45. The number of carbonyl (C=O) groups excluding carboxylic acids is 1. The Kier molecular flexibility index (Phi) is 4.61. The highest BCUT2D eigenvalue weighted by atomic mass is 19.1. The lowest BCUT2D eigenvalue weighted by atomic mass is 10.1. The molecule has 120 valence electrons. The number of aromatic nitrogens is 2. The summed E-state index contributed by atoms with van der Waals surface area (Å²) >= 11 is 0. The summed E-state index contributed by atoms with van der Waals surface area (Å²) in [4.78, 5) is 20.5. The summed E-state index contributed by atoms with van der Waals surface area (Å²) in [6.07, 6.45) is 1.44. The van der Waals surface area contributed by atoms with Gasteiger partial charge in [-0.25, -0.2) is 14.4 Å². The first kappa shape index (κ1) is 15.8. The average molecular weight is 321 g/mol. The number of hydrogen-bond donors (Lipinski definition) is 1. The van der Waals surface area contributed by atoms with Crippen molar-refractivity contribution in [1.82, 2.24) is 15.3 Å². The third kappa shape index (κ3) is 3.81. The Labute approximate surface area is 139 Å². The molecule has 0 saturated carbocycles. The van der Waals surface area contributed by atoms with Crippen molar-refractivity contribution in [2.45, 2.75) is 13.5 Å². The lowest BCUT2D eigenvalue weighted by Crippen LogP contribution is -2.23. The highest BCUT2D eigenvalue weighted by molar-refractivity contribution is 5.94. The summed E-state index contributed by atoms with van der Waals surface area (Å²) < 4.78 is 13.0. The number of nitrogens with zero attached hydrogens (tertiary/aromatic N) is 2. The summed E-state index contributed by atoms with van der Waals surface area (Å²) in [6, 6.07) is 15.2. The van der Waals surface area contributed by atoms with Crippen molar-refractivity contribution < 1.29 is 9.18 Å². The van der Waals surface area contributed by atoms with Crippen LogP contribution in [-0.2, 0) is 6.54 Å². The van der Waals surface area contributed by atoms with Crippen LogP contribution in [0.3, 0.4) is 0 Å². The summed E-state index contributed by atoms with van der Waals surface area (Å²) in [6.45, 7) is 2.27. The van der Waals surface area contributed by atoms with E-state index in [0.717, 1.165) is 11.1 Å². The summed E-state index contributed by atoms with van der Waals surface area (Å²) in [7, 11) is 0. The molecule has 0 saturated heterocycles. The maximum Gasteiger partial charge on any atom is 0.251 e. The third-order valence-corrected chi connectivity index (χ3v) is 3.61. The number of aryl methyl sites for hydroxylation is 1. The second-order valence-electron chi connectivity index (χ2n) is 5.45. The fraction of sp³-hybridized carbons (Fsp3) is 0.105. The van der Waals surface area contributed by atoms with Crippen LogP contribution in [0.2, 0.25) is 0 Å². The molecule has 5 heteroatoms. The van der Waals surface area contributed by atoms with Gasteiger partial charge in [-0.05, 0) is 49.4 Å². The summed E-state index contributed by atoms with van der Waals surface area (Å²) in [5.41, 5.74) is 3.87. The van der Waals surface area contributed by atoms with Crippen LogP contribution in [0.1, 0.15) is 21.6 Å². The van der Waals surface area contributed by atoms with E-state index in [9.17, 15) is 9.18 Å². The number of amides is 1. The van der Waals surface area contributed by atoms with E-state index in [2.05, 4.69) is 15.3 Å². The van der Waals surface area contributed by atoms with E-state index >= 15 is 0 Å². The molecule has 1 amide bonds. The van der Waals surface area contributed by atoms with Gasteiger partial charge in [0.2, 0.25) is 0 Å². The highest BCUT2D eigenvalue weighted by Gasteiger charge is 2.07. The molecule has 24 heavy (non-hydrogen) atoms. The number of benzene rings is 2. The molecular formula is C19H16FN3O. The van der Waals surface area contributed by atoms with E-state index in [4.69, 9.17) is 0 Å². The molecule has 1 aromatic heterocycles. The average Bonchev–Trinajstić information content (AvgIpc) is 2.61. The Hall–Kier alpha value is -3.08. The predicted octanol–water partition coefficient (Wildman–Crippen LogP) is 3.52. The van der Waals surface area contributed by atoms with Crippen LogP contribution in [0.4, 0.5) is 4.39 Å². The van der Waals surface area contributed by atoms with Gasteiger partial charge in [-0.2, -0.15) is 0 Å². The molecule has 1 heterocycles. The Morgan fingerprint density at radius 3 is 2.46 bits per heavy atom. The Bertz CT molecular complexity index is 845. The maximum atomic E-state index is 13.0. The first-order chi connectivity index (χ1) is 11.6. The van der Waals surface area contributed by atoms with E-state index in [1.54, 1.807) is 30.3 Å². The monoisotopic (exact) mass is 321 g/mol. The molecule has 4 nitrogen and oxygen atoms in total. The fourth-order valence-corrected chi connectivity index (χ4v) is 2.25. The molecule has 0 atom stereocenters. The van der Waals surface area contributed by atoms with E-state index in [-0.39, 0.29) is 11.7 Å². The first-order valence-electron chi connectivity index (χ1n) is 7.53. The minimum absolute atomic E-state index is 0.156. The number of halogens is 1. The Balaban J connectivity index is 1.69. The Morgan fingerprint density at radius 1 is 1.04 bits per heavy atom. The quantitative estimate of drug-likeness (QED) is 0.800. The van der Waals surface area contributed by atoms with Gasteiger partial charge in [0, 0.05) is 11.1 Å². The maximum absolute atomic E-state index is 13.0. The zero-order valence-electron chi connectivity index (χ0n) is 13.2. The van der Waals surface area contributed by atoms with Crippen LogP contribution in [0.25, 0.3) is 11.3 Å². The van der Waals surface area contributed by atoms with Crippen molar-refractivity contribution in [3.63, 3.8) is 0 Å². The lowest BCUT2D eigenvalue weighted by Gasteiger charge is -2.07. The van der Waals surface area contributed by atoms with Crippen molar-refractivity contribution in [2.75, 3.05) is 0 Å². The predicted molar refractivity (Wildman–Crippen MR) is 89.8 cm³/mol. The topological polar surface area (TPSA) is 54.9 Å². The van der Waals surface area contributed by atoms with Gasteiger partial charge in [0.1, 0.15) is 12.1 Å². The van der Waals surface area contributed by atoms with Crippen LogP contribution in [0, 0.1) is 12.7 Å². The third-order valence-electron chi connectivity index (χ3n) is 3.61. The van der Waals surface area contributed by atoms with Gasteiger partial charge in [-0.15, -0.1) is 0 Å². The summed E-state index contributed by atoms with van der Waals surface area (Å²) in [5.74, 6) is -0.449. The molecule has 1 N–H and O–H groups in total. The van der Waals surface area contributed by atoms with Crippen LogP contribution in [0.15, 0.2) is 60.9 Å². The van der Waals surface area contributed by atoms with Crippen molar-refractivity contribution in [1.29, 1.82) is 0 Å². The van der Waals surface area contributed by atoms with Gasteiger partial charge in [-0.3, -0.25) is 4.79 Å². The highest BCUT2D eigenvalue weighted by Crippen LogP contribution is 2.17. The second kappa shape index (κ2) is 7.00. The zero-order valence-corrected chi connectivity index (χ0v) is 13.2. The van der Waals surface area contributed by atoms with E-state index in [1.165, 1.54) is 18.5 Å². The van der Waals surface area contributed by atoms with Crippen molar-refractivity contribution in [2.24, 2.45) is 0 Å². The van der Waals surface area contributed by atoms with Crippen molar-refractivity contribution >= 4 is 5.91 Å². The van der Waals surface area contributed by atoms with Crippen molar-refractivity contribution in [3.05, 3.63) is 83.6 Å². The molecule has 2 aromatic carbocycles. The van der Waals surface area contributed by atoms with Gasteiger partial charge in [0.25, 0.3) is 5.91 Å². The summed E-state index contributed by atoms with van der Waals surface area (Å²) in [5, 5.41) is 2.83. The van der Waals surface area contributed by atoms with Crippen LogP contribution in [-0.4, -0.2) is 15.9 Å². The van der Waals surface area contributed by atoms with Gasteiger partial charge >= 0.3 is 0 Å². The van der Waals surface area contributed by atoms with E-state index in [1.807, 2.05) is 19.1 Å². The van der Waals surface area contributed by atoms with Crippen molar-refractivity contribution in [3.8, 4) is 11.3 Å². The van der Waals surface area contributed by atoms with E-state index in [0.29, 0.717) is 23.5 Å². The minimum Gasteiger partial charge on any atom is -0.346 e. The molecule has 3 rings (SSSR count). The molecule has 0 aliphatic heterocycles. The minimum atomic E-state index is -0.293. The molecule has 0 bridgehead atoms. The van der Waals surface area contributed by atoms with Gasteiger partial charge in [0.15, 0.2) is 0 Å². The molecule has 0 spiro atoms. The van der Waals surface area contributed by atoms with Gasteiger partial charge in [-0.1, -0.05) is 17.7 Å². The molecular weight excluding hydrogens is 305 g/mol. The van der Waals surface area contributed by atoms with Crippen LogP contribution >= 0.6 is 0 Å². The zero-order chi connectivity index (χ0) is 16.9. The fourth-order valence-electron chi connectivity index (χ4n) is 2.25. The normalized spacial score (nSPS) is 10.4. The molecule has 0 aliphatic rings. The molecule has 0 fully saturated rings. The smallest absolute Gasteiger partial charge is 0.251 e. The molecule has 0 aliphatic carbocycles. The Morgan fingerprint density at radius 2 is 1.75 bits per heavy atom. The van der Waals surface area contributed by atoms with Crippen LogP contribution < -0.4 is 5.32 Å². The molecule has 0 unspecified atom stereocenters.